The Kier molecular flexibility index (Phi) is 8.48. The van der Waals surface area contributed by atoms with Crippen molar-refractivity contribution in [3.05, 3.63) is 95.3 Å². The Labute approximate surface area is 209 Å². The molecule has 0 aromatic heterocycles. The van der Waals surface area contributed by atoms with E-state index >= 15 is 0 Å². The molecule has 1 N–H and O–H groups in total. The van der Waals surface area contributed by atoms with Gasteiger partial charge in [0.1, 0.15) is 18.4 Å². The topological polar surface area (TPSA) is 86.8 Å². The summed E-state index contributed by atoms with van der Waals surface area (Å²) in [5.41, 5.74) is 0.868. The molecule has 184 valence electrons. The lowest BCUT2D eigenvalue weighted by molar-refractivity contribution is -0.139. The smallest absolute Gasteiger partial charge is 0.264 e. The minimum absolute atomic E-state index is 0.0165. The van der Waals surface area contributed by atoms with Crippen LogP contribution in [0.15, 0.2) is 83.8 Å². The molecule has 7 nitrogen and oxygen atoms in total. The van der Waals surface area contributed by atoms with Crippen molar-refractivity contribution >= 4 is 39.1 Å². The van der Waals surface area contributed by atoms with E-state index in [9.17, 15) is 22.4 Å². The van der Waals surface area contributed by atoms with Gasteiger partial charge in [0.15, 0.2) is 0 Å². The fourth-order valence-corrected chi connectivity index (χ4v) is 4.97. The van der Waals surface area contributed by atoms with Crippen LogP contribution < -0.4 is 9.62 Å². The van der Waals surface area contributed by atoms with Crippen LogP contribution in [0.1, 0.15) is 12.5 Å². The number of para-hydroxylation sites is 1. The number of carbonyl (C=O) groups is 2. The predicted octanol–water partition coefficient (Wildman–Crippen LogP) is 3.84. The number of carbonyl (C=O) groups excluding carboxylic acids is 2. The maximum absolute atomic E-state index is 13.5. The highest BCUT2D eigenvalue weighted by Crippen LogP contribution is 2.25. The van der Waals surface area contributed by atoms with Crippen LogP contribution in [0.25, 0.3) is 0 Å². The van der Waals surface area contributed by atoms with E-state index in [4.69, 9.17) is 11.6 Å². The molecule has 0 unspecified atom stereocenters. The van der Waals surface area contributed by atoms with Gasteiger partial charge in [-0.2, -0.15) is 0 Å². The van der Waals surface area contributed by atoms with Gasteiger partial charge in [0.2, 0.25) is 11.8 Å². The van der Waals surface area contributed by atoms with Gasteiger partial charge < -0.3 is 10.2 Å². The lowest BCUT2D eigenvalue weighted by atomic mass is 10.1. The van der Waals surface area contributed by atoms with Crippen molar-refractivity contribution in [3.63, 3.8) is 0 Å². The summed E-state index contributed by atoms with van der Waals surface area (Å²) in [6.07, 6.45) is 0. The Bertz CT molecular complexity index is 1270. The summed E-state index contributed by atoms with van der Waals surface area (Å²) in [5, 5.41) is 2.88. The minimum atomic E-state index is -4.15. The summed E-state index contributed by atoms with van der Waals surface area (Å²) in [6.45, 7) is 0.968. The molecule has 3 aromatic rings. The normalized spacial score (nSPS) is 12.0. The first kappa shape index (κ1) is 26.2. The number of halogens is 2. The van der Waals surface area contributed by atoms with Crippen LogP contribution in [-0.4, -0.2) is 44.8 Å². The van der Waals surface area contributed by atoms with Crippen molar-refractivity contribution in [1.29, 1.82) is 0 Å². The molecular formula is C25H25ClFN3O4S. The molecule has 0 saturated heterocycles. The highest BCUT2D eigenvalue weighted by molar-refractivity contribution is 7.92. The zero-order valence-electron chi connectivity index (χ0n) is 19.2. The minimum Gasteiger partial charge on any atom is -0.357 e. The van der Waals surface area contributed by atoms with E-state index in [1.807, 2.05) is 0 Å². The van der Waals surface area contributed by atoms with Crippen LogP contribution in [0.2, 0.25) is 5.02 Å². The van der Waals surface area contributed by atoms with Crippen LogP contribution >= 0.6 is 11.6 Å². The first-order valence-electron chi connectivity index (χ1n) is 10.7. The van der Waals surface area contributed by atoms with Gasteiger partial charge in [-0.3, -0.25) is 13.9 Å². The molecule has 0 spiro atoms. The maximum atomic E-state index is 13.5. The fraction of sp³-hybridized carbons (Fsp3) is 0.200. The quantitative estimate of drug-likeness (QED) is 0.467. The summed E-state index contributed by atoms with van der Waals surface area (Å²) in [6, 6.07) is 18.4. The first-order chi connectivity index (χ1) is 16.6. The molecule has 0 radical (unpaired) electrons. The number of amides is 2. The highest BCUT2D eigenvalue weighted by atomic mass is 35.5. The Hall–Kier alpha value is -3.43. The summed E-state index contributed by atoms with van der Waals surface area (Å²) in [5.74, 6) is -1.46. The molecule has 3 rings (SSSR count). The number of nitrogens with one attached hydrogen (secondary N) is 1. The number of nitrogens with zero attached hydrogens (tertiary/aromatic N) is 2. The summed E-state index contributed by atoms with van der Waals surface area (Å²) >= 11 is 5.92. The number of likely N-dealkylation sites (N-methyl/N-ethyl adjacent to an activating group) is 1. The van der Waals surface area contributed by atoms with Crippen molar-refractivity contribution < 1.29 is 22.4 Å². The van der Waals surface area contributed by atoms with E-state index in [0.29, 0.717) is 10.6 Å². The fourth-order valence-electron chi connectivity index (χ4n) is 3.43. The number of anilines is 1. The third-order valence-corrected chi connectivity index (χ3v) is 7.44. The highest BCUT2D eigenvalue weighted by Gasteiger charge is 2.32. The van der Waals surface area contributed by atoms with Gasteiger partial charge in [0, 0.05) is 18.6 Å². The largest absolute Gasteiger partial charge is 0.357 e. The van der Waals surface area contributed by atoms with Crippen molar-refractivity contribution in [2.24, 2.45) is 0 Å². The van der Waals surface area contributed by atoms with Crippen molar-refractivity contribution in [1.82, 2.24) is 10.2 Å². The van der Waals surface area contributed by atoms with Gasteiger partial charge >= 0.3 is 0 Å². The van der Waals surface area contributed by atoms with E-state index in [0.717, 1.165) is 4.31 Å². The number of hydrogen-bond donors (Lipinski definition) is 1. The van der Waals surface area contributed by atoms with Gasteiger partial charge in [-0.25, -0.2) is 12.8 Å². The van der Waals surface area contributed by atoms with E-state index < -0.39 is 40.2 Å². The van der Waals surface area contributed by atoms with Crippen molar-refractivity contribution in [2.45, 2.75) is 24.4 Å². The molecule has 0 bridgehead atoms. The Morgan fingerprint density at radius 3 is 2.14 bits per heavy atom. The molecule has 0 aliphatic rings. The summed E-state index contributed by atoms with van der Waals surface area (Å²) in [7, 11) is -2.71. The van der Waals surface area contributed by atoms with Crippen LogP contribution in [0, 0.1) is 5.82 Å². The number of benzene rings is 3. The second-order valence-electron chi connectivity index (χ2n) is 7.74. The second-order valence-corrected chi connectivity index (χ2v) is 10.0. The monoisotopic (exact) mass is 517 g/mol. The molecular weight excluding hydrogens is 493 g/mol. The van der Waals surface area contributed by atoms with E-state index in [1.165, 1.54) is 60.5 Å². The standard InChI is InChI=1S/C25H25ClFN3O4S/c1-18(25(32)28-2)29(16-19-8-12-21(27)13-9-19)24(31)17-30(22-6-4-3-5-7-22)35(33,34)23-14-10-20(26)11-15-23/h3-15,18H,16-17H2,1-2H3,(H,28,32)/t18-/m0/s1. The third kappa shape index (κ3) is 6.37. The van der Waals surface area contributed by atoms with Crippen molar-refractivity contribution in [3.8, 4) is 0 Å². The molecule has 0 saturated carbocycles. The van der Waals surface area contributed by atoms with Crippen LogP contribution in [0.4, 0.5) is 10.1 Å². The number of sulfonamides is 1. The molecule has 1 atom stereocenters. The molecule has 3 aromatic carbocycles. The van der Waals surface area contributed by atoms with Crippen LogP contribution in [0.3, 0.4) is 0 Å². The van der Waals surface area contributed by atoms with Gasteiger partial charge in [-0.1, -0.05) is 41.9 Å². The summed E-state index contributed by atoms with van der Waals surface area (Å²) in [4.78, 5) is 27.2. The average Bonchev–Trinajstić information content (AvgIpc) is 2.86. The first-order valence-corrected chi connectivity index (χ1v) is 12.5. The third-order valence-electron chi connectivity index (χ3n) is 5.40. The summed E-state index contributed by atoms with van der Waals surface area (Å²) < 4.78 is 41.5. The SMILES string of the molecule is CNC(=O)[C@H](C)N(Cc1ccc(F)cc1)C(=O)CN(c1ccccc1)S(=O)(=O)c1ccc(Cl)cc1. The number of rotatable bonds is 9. The van der Waals surface area contributed by atoms with E-state index in [-0.39, 0.29) is 17.1 Å². The maximum Gasteiger partial charge on any atom is 0.264 e. The Morgan fingerprint density at radius 1 is 0.971 bits per heavy atom. The molecule has 0 fully saturated rings. The molecule has 0 heterocycles. The van der Waals surface area contributed by atoms with Gasteiger partial charge in [-0.05, 0) is 61.0 Å². The lowest BCUT2D eigenvalue weighted by Crippen LogP contribution is -2.50. The average molecular weight is 518 g/mol. The molecule has 35 heavy (non-hydrogen) atoms. The molecule has 0 aliphatic heterocycles. The van der Waals surface area contributed by atoms with E-state index in [2.05, 4.69) is 5.32 Å². The Morgan fingerprint density at radius 2 is 1.57 bits per heavy atom. The Balaban J connectivity index is 1.99. The predicted molar refractivity (Wildman–Crippen MR) is 133 cm³/mol. The zero-order valence-corrected chi connectivity index (χ0v) is 20.8. The second kappa shape index (κ2) is 11.3. The molecule has 2 amide bonds. The van der Waals surface area contributed by atoms with Gasteiger partial charge in [0.05, 0.1) is 10.6 Å². The van der Waals surface area contributed by atoms with Crippen LogP contribution in [-0.2, 0) is 26.2 Å². The number of hydrogen-bond acceptors (Lipinski definition) is 4. The van der Waals surface area contributed by atoms with Gasteiger partial charge in [-0.15, -0.1) is 0 Å². The molecule has 10 heteroatoms. The molecule has 0 aliphatic carbocycles. The van der Waals surface area contributed by atoms with Crippen LogP contribution in [0.5, 0.6) is 0 Å². The van der Waals surface area contributed by atoms with E-state index in [1.54, 1.807) is 37.3 Å². The van der Waals surface area contributed by atoms with Crippen molar-refractivity contribution in [2.75, 3.05) is 17.9 Å². The lowest BCUT2D eigenvalue weighted by Gasteiger charge is -2.31. The van der Waals surface area contributed by atoms with Gasteiger partial charge in [0.25, 0.3) is 10.0 Å². The zero-order chi connectivity index (χ0) is 25.6.